The van der Waals surface area contributed by atoms with Crippen LogP contribution in [0.3, 0.4) is 0 Å². The molecule has 0 aromatic heterocycles. The summed E-state index contributed by atoms with van der Waals surface area (Å²) in [6.07, 6.45) is 1.87. The number of anilines is 1. The van der Waals surface area contributed by atoms with Crippen molar-refractivity contribution in [3.63, 3.8) is 0 Å². The minimum atomic E-state index is -0.136. The Morgan fingerprint density at radius 2 is 2.26 bits per heavy atom. The van der Waals surface area contributed by atoms with E-state index in [4.69, 9.17) is 4.74 Å². The molecule has 1 aliphatic heterocycles. The topological polar surface area (TPSA) is 50.4 Å². The first-order valence-electron chi connectivity index (χ1n) is 6.90. The van der Waals surface area contributed by atoms with Gasteiger partial charge in [0.25, 0.3) is 0 Å². The third-order valence-electron chi connectivity index (χ3n) is 3.16. The van der Waals surface area contributed by atoms with Gasteiger partial charge in [0, 0.05) is 25.3 Å². The van der Waals surface area contributed by atoms with Crippen LogP contribution in [0.1, 0.15) is 25.8 Å². The molecule has 19 heavy (non-hydrogen) atoms. The minimum absolute atomic E-state index is 0.0701. The number of ether oxygens (including phenoxy) is 1. The van der Waals surface area contributed by atoms with Crippen LogP contribution >= 0.6 is 0 Å². The number of carbonyl (C=O) groups excluding carboxylic acids is 1. The molecule has 2 rings (SSSR count). The minimum Gasteiger partial charge on any atom is -0.379 e. The van der Waals surface area contributed by atoms with E-state index < -0.39 is 0 Å². The summed E-state index contributed by atoms with van der Waals surface area (Å²) in [7, 11) is 0. The fourth-order valence-electron chi connectivity index (χ4n) is 2.18. The summed E-state index contributed by atoms with van der Waals surface area (Å²) in [6.45, 7) is 5.38. The summed E-state index contributed by atoms with van der Waals surface area (Å²) in [5, 5.41) is 6.20. The third-order valence-corrected chi connectivity index (χ3v) is 3.16. The van der Waals surface area contributed by atoms with E-state index in [0.29, 0.717) is 13.2 Å². The van der Waals surface area contributed by atoms with Crippen LogP contribution < -0.4 is 10.6 Å². The number of benzene rings is 1. The predicted octanol–water partition coefficient (Wildman–Crippen LogP) is 1.95. The normalized spacial score (nSPS) is 17.1. The molecule has 2 N–H and O–H groups in total. The highest BCUT2D eigenvalue weighted by Gasteiger charge is 2.25. The van der Waals surface area contributed by atoms with E-state index in [-0.39, 0.29) is 18.1 Å². The Balaban J connectivity index is 1.68. The van der Waals surface area contributed by atoms with Crippen molar-refractivity contribution in [2.45, 2.75) is 38.8 Å². The van der Waals surface area contributed by atoms with Gasteiger partial charge in [-0.25, -0.2) is 0 Å². The van der Waals surface area contributed by atoms with Crippen LogP contribution in [0.25, 0.3) is 0 Å². The van der Waals surface area contributed by atoms with Crippen LogP contribution in [-0.2, 0) is 16.0 Å². The van der Waals surface area contributed by atoms with Crippen LogP contribution in [0, 0.1) is 0 Å². The molecule has 4 heteroatoms. The van der Waals surface area contributed by atoms with Crippen molar-refractivity contribution in [2.24, 2.45) is 0 Å². The van der Waals surface area contributed by atoms with Crippen LogP contribution in [0.15, 0.2) is 24.3 Å². The highest BCUT2D eigenvalue weighted by molar-refractivity contribution is 5.87. The lowest BCUT2D eigenvalue weighted by Crippen LogP contribution is -2.39. The van der Waals surface area contributed by atoms with Gasteiger partial charge in [-0.15, -0.1) is 0 Å². The summed E-state index contributed by atoms with van der Waals surface area (Å²) in [6, 6.07) is 7.92. The largest absolute Gasteiger partial charge is 0.379 e. The number of hydrogen-bond donors (Lipinski definition) is 2. The van der Waals surface area contributed by atoms with E-state index in [2.05, 4.69) is 16.7 Å². The maximum atomic E-state index is 12.0. The van der Waals surface area contributed by atoms with Gasteiger partial charge < -0.3 is 15.4 Å². The van der Waals surface area contributed by atoms with Crippen molar-refractivity contribution >= 4 is 11.6 Å². The smallest absolute Gasteiger partial charge is 0.242 e. The van der Waals surface area contributed by atoms with Gasteiger partial charge in [-0.3, -0.25) is 4.79 Å². The first-order valence-corrected chi connectivity index (χ1v) is 6.90. The van der Waals surface area contributed by atoms with E-state index in [1.54, 1.807) is 0 Å². The maximum absolute atomic E-state index is 12.0. The Bertz CT molecular complexity index is 407. The number of amides is 1. The molecule has 1 aromatic carbocycles. The Morgan fingerprint density at radius 1 is 1.47 bits per heavy atom. The highest BCUT2D eigenvalue weighted by atomic mass is 16.5. The van der Waals surface area contributed by atoms with E-state index in [9.17, 15) is 4.79 Å². The molecule has 0 saturated heterocycles. The fraction of sp³-hybridized carbons (Fsp3) is 0.533. The molecule has 104 valence electrons. The summed E-state index contributed by atoms with van der Waals surface area (Å²) in [5.74, 6) is 0.0701. The summed E-state index contributed by atoms with van der Waals surface area (Å²) < 4.78 is 5.43. The second-order valence-electron chi connectivity index (χ2n) is 5.12. The molecule has 4 nitrogen and oxygen atoms in total. The quantitative estimate of drug-likeness (QED) is 0.770. The SMILES string of the molecule is CC(C)OCCCNC(=O)[C@@H]1Cc2ccccc2N1. The molecule has 0 saturated carbocycles. The third kappa shape index (κ3) is 3.96. The Morgan fingerprint density at radius 3 is 3.00 bits per heavy atom. The van der Waals surface area contributed by atoms with E-state index in [1.165, 1.54) is 5.56 Å². The number of nitrogens with one attached hydrogen (secondary N) is 2. The molecular formula is C15H22N2O2. The van der Waals surface area contributed by atoms with E-state index >= 15 is 0 Å². The van der Waals surface area contributed by atoms with Crippen molar-refractivity contribution < 1.29 is 9.53 Å². The Kier molecular flexibility index (Phi) is 4.80. The van der Waals surface area contributed by atoms with Crippen LogP contribution in [0.5, 0.6) is 0 Å². The van der Waals surface area contributed by atoms with Crippen LogP contribution in [0.2, 0.25) is 0 Å². The molecule has 0 spiro atoms. The maximum Gasteiger partial charge on any atom is 0.242 e. The molecule has 1 heterocycles. The second kappa shape index (κ2) is 6.57. The number of carbonyl (C=O) groups is 1. The molecule has 1 aromatic rings. The van der Waals surface area contributed by atoms with Crippen LogP contribution in [-0.4, -0.2) is 31.2 Å². The molecular weight excluding hydrogens is 240 g/mol. The van der Waals surface area contributed by atoms with Gasteiger partial charge >= 0.3 is 0 Å². The first kappa shape index (κ1) is 13.9. The Labute approximate surface area is 114 Å². The zero-order valence-electron chi connectivity index (χ0n) is 11.6. The van der Waals surface area contributed by atoms with Crippen molar-refractivity contribution in [3.8, 4) is 0 Å². The molecule has 0 fully saturated rings. The molecule has 1 amide bonds. The lowest BCUT2D eigenvalue weighted by Gasteiger charge is -2.12. The van der Waals surface area contributed by atoms with Crippen LogP contribution in [0.4, 0.5) is 5.69 Å². The number of fused-ring (bicyclic) bond motifs is 1. The fourth-order valence-corrected chi connectivity index (χ4v) is 2.18. The van der Waals surface area contributed by atoms with Gasteiger partial charge in [0.2, 0.25) is 5.91 Å². The van der Waals surface area contributed by atoms with Gasteiger partial charge in [0.05, 0.1) is 6.10 Å². The van der Waals surface area contributed by atoms with Gasteiger partial charge in [-0.1, -0.05) is 18.2 Å². The van der Waals surface area contributed by atoms with Gasteiger partial charge in [-0.05, 0) is 31.9 Å². The van der Waals surface area contributed by atoms with Crippen molar-refractivity contribution in [1.82, 2.24) is 5.32 Å². The average molecular weight is 262 g/mol. The van der Waals surface area contributed by atoms with Gasteiger partial charge in [0.1, 0.15) is 6.04 Å². The summed E-state index contributed by atoms with van der Waals surface area (Å²) in [4.78, 5) is 12.0. The lowest BCUT2D eigenvalue weighted by molar-refractivity contribution is -0.121. The monoisotopic (exact) mass is 262 g/mol. The molecule has 0 aliphatic carbocycles. The van der Waals surface area contributed by atoms with Crippen molar-refractivity contribution in [2.75, 3.05) is 18.5 Å². The molecule has 1 aliphatic rings. The first-order chi connectivity index (χ1) is 9.16. The summed E-state index contributed by atoms with van der Waals surface area (Å²) >= 11 is 0. The zero-order valence-corrected chi connectivity index (χ0v) is 11.6. The van der Waals surface area contributed by atoms with Crippen molar-refractivity contribution in [3.05, 3.63) is 29.8 Å². The molecule has 0 radical (unpaired) electrons. The van der Waals surface area contributed by atoms with Gasteiger partial charge in [0.15, 0.2) is 0 Å². The number of hydrogen-bond acceptors (Lipinski definition) is 3. The standard InChI is InChI=1S/C15H22N2O2/c1-11(2)19-9-5-8-16-15(18)14-10-12-6-3-4-7-13(12)17-14/h3-4,6-7,11,14,17H,5,8-10H2,1-2H3,(H,16,18)/t14-/m0/s1. The Hall–Kier alpha value is -1.55. The highest BCUT2D eigenvalue weighted by Crippen LogP contribution is 2.24. The summed E-state index contributed by atoms with van der Waals surface area (Å²) in [5.41, 5.74) is 2.29. The zero-order chi connectivity index (χ0) is 13.7. The number of rotatable bonds is 6. The van der Waals surface area contributed by atoms with Gasteiger partial charge in [-0.2, -0.15) is 0 Å². The molecule has 0 unspecified atom stereocenters. The number of para-hydroxylation sites is 1. The van der Waals surface area contributed by atoms with E-state index in [1.807, 2.05) is 32.0 Å². The average Bonchev–Trinajstić information content (AvgIpc) is 2.81. The second-order valence-corrected chi connectivity index (χ2v) is 5.12. The lowest BCUT2D eigenvalue weighted by atomic mass is 10.1. The molecule has 0 bridgehead atoms. The predicted molar refractivity (Wildman–Crippen MR) is 76.3 cm³/mol. The van der Waals surface area contributed by atoms with Crippen molar-refractivity contribution in [1.29, 1.82) is 0 Å². The van der Waals surface area contributed by atoms with E-state index in [0.717, 1.165) is 18.5 Å². The molecule has 1 atom stereocenters.